The van der Waals surface area contributed by atoms with E-state index in [1.54, 1.807) is 37.3 Å². The van der Waals surface area contributed by atoms with Crippen LogP contribution in [0.3, 0.4) is 0 Å². The summed E-state index contributed by atoms with van der Waals surface area (Å²) in [5.74, 6) is -0.212. The van der Waals surface area contributed by atoms with Crippen LogP contribution in [0, 0.1) is 6.92 Å². The predicted molar refractivity (Wildman–Crippen MR) is 155 cm³/mol. The van der Waals surface area contributed by atoms with Gasteiger partial charge in [-0.05, 0) is 50.1 Å². The topological polar surface area (TPSA) is 105 Å². The van der Waals surface area contributed by atoms with Crippen molar-refractivity contribution in [2.75, 3.05) is 31.6 Å². The van der Waals surface area contributed by atoms with Crippen molar-refractivity contribution in [3.63, 3.8) is 0 Å². The van der Waals surface area contributed by atoms with Gasteiger partial charge in [0.15, 0.2) is 11.5 Å². The van der Waals surface area contributed by atoms with E-state index in [1.165, 1.54) is 37.3 Å². The second kappa shape index (κ2) is 13.8. The zero-order valence-electron chi connectivity index (χ0n) is 23.6. The molecule has 0 aliphatic heterocycles. The van der Waals surface area contributed by atoms with Crippen molar-refractivity contribution >= 4 is 27.5 Å². The van der Waals surface area contributed by atoms with Crippen molar-refractivity contribution in [3.05, 3.63) is 83.9 Å². The first-order chi connectivity index (χ1) is 19.1. The number of carbonyl (C=O) groups excluding carboxylic acids is 2. The Hall–Kier alpha value is -4.05. The number of para-hydroxylation sites is 1. The average molecular weight is 568 g/mol. The van der Waals surface area contributed by atoms with Crippen LogP contribution < -0.4 is 19.1 Å². The largest absolute Gasteiger partial charge is 0.493 e. The highest BCUT2D eigenvalue weighted by atomic mass is 32.2. The molecule has 1 N–H and O–H groups in total. The smallest absolute Gasteiger partial charge is 0.264 e. The average Bonchev–Trinajstić information content (AvgIpc) is 2.96. The molecular formula is C30H37N3O6S. The number of aryl methyl sites for hydroxylation is 1. The fraction of sp³-hybridized carbons (Fsp3) is 0.333. The maximum atomic E-state index is 14.0. The highest BCUT2D eigenvalue weighted by molar-refractivity contribution is 7.92. The van der Waals surface area contributed by atoms with Gasteiger partial charge in [-0.1, -0.05) is 55.0 Å². The molecule has 214 valence electrons. The van der Waals surface area contributed by atoms with Gasteiger partial charge >= 0.3 is 0 Å². The lowest BCUT2D eigenvalue weighted by Crippen LogP contribution is -2.51. The standard InChI is InChI=1S/C30H37N3O6S/c1-6-17-31-30(35)23(3)32(20-24-12-10-11-22(2)18-24)29(34)21-33(25-13-8-7-9-14-25)40(36,37)26-15-16-27(38-4)28(19-26)39-5/h7-16,18-19,23H,6,17,20-21H2,1-5H3,(H,31,35)/t23-/m1/s1. The molecule has 0 aliphatic rings. The number of hydrogen-bond acceptors (Lipinski definition) is 6. The lowest BCUT2D eigenvalue weighted by molar-refractivity contribution is -0.139. The first-order valence-electron chi connectivity index (χ1n) is 13.0. The van der Waals surface area contributed by atoms with Crippen LogP contribution in [0.5, 0.6) is 11.5 Å². The van der Waals surface area contributed by atoms with Gasteiger partial charge in [-0.3, -0.25) is 13.9 Å². The first kappa shape index (κ1) is 30.5. The van der Waals surface area contributed by atoms with Gasteiger partial charge in [0.2, 0.25) is 11.8 Å². The fourth-order valence-electron chi connectivity index (χ4n) is 4.21. The van der Waals surface area contributed by atoms with Gasteiger partial charge in [0.1, 0.15) is 12.6 Å². The predicted octanol–water partition coefficient (Wildman–Crippen LogP) is 4.15. The van der Waals surface area contributed by atoms with Gasteiger partial charge in [-0.25, -0.2) is 8.42 Å². The van der Waals surface area contributed by atoms with Gasteiger partial charge in [0.05, 0.1) is 24.8 Å². The molecule has 0 aliphatic carbocycles. The minimum absolute atomic E-state index is 0.0687. The van der Waals surface area contributed by atoms with Crippen LogP contribution in [0.15, 0.2) is 77.7 Å². The number of carbonyl (C=O) groups is 2. The van der Waals surface area contributed by atoms with E-state index in [4.69, 9.17) is 9.47 Å². The molecular weight excluding hydrogens is 530 g/mol. The summed E-state index contributed by atoms with van der Waals surface area (Å²) in [6.45, 7) is 5.63. The quantitative estimate of drug-likeness (QED) is 0.333. The second-order valence-electron chi connectivity index (χ2n) is 9.34. The van der Waals surface area contributed by atoms with E-state index in [2.05, 4.69) is 5.32 Å². The van der Waals surface area contributed by atoms with Crippen molar-refractivity contribution in [3.8, 4) is 11.5 Å². The van der Waals surface area contributed by atoms with Crippen LogP contribution in [0.2, 0.25) is 0 Å². The minimum atomic E-state index is -4.23. The Morgan fingerprint density at radius 3 is 2.25 bits per heavy atom. The van der Waals surface area contributed by atoms with Crippen LogP contribution in [-0.4, -0.2) is 58.5 Å². The molecule has 0 radical (unpaired) electrons. The summed E-state index contributed by atoms with van der Waals surface area (Å²) in [6, 6.07) is 19.5. The lowest BCUT2D eigenvalue weighted by atomic mass is 10.1. The van der Waals surface area contributed by atoms with Crippen LogP contribution >= 0.6 is 0 Å². The van der Waals surface area contributed by atoms with Gasteiger partial charge < -0.3 is 19.7 Å². The summed E-state index contributed by atoms with van der Waals surface area (Å²) >= 11 is 0. The number of benzene rings is 3. The molecule has 10 heteroatoms. The SMILES string of the molecule is CCCNC(=O)[C@@H](C)N(Cc1cccc(C)c1)C(=O)CN(c1ccccc1)S(=O)(=O)c1ccc(OC)c(OC)c1. The summed E-state index contributed by atoms with van der Waals surface area (Å²) in [5.41, 5.74) is 2.15. The lowest BCUT2D eigenvalue weighted by Gasteiger charge is -2.32. The Bertz CT molecular complexity index is 1410. The molecule has 0 saturated heterocycles. The maximum Gasteiger partial charge on any atom is 0.264 e. The summed E-state index contributed by atoms with van der Waals surface area (Å²) in [4.78, 5) is 28.2. The summed E-state index contributed by atoms with van der Waals surface area (Å²) in [7, 11) is -1.35. The van der Waals surface area contributed by atoms with Crippen molar-refractivity contribution in [1.29, 1.82) is 0 Å². The number of nitrogens with zero attached hydrogens (tertiary/aromatic N) is 2. The summed E-state index contributed by atoms with van der Waals surface area (Å²) in [5, 5.41) is 2.84. The highest BCUT2D eigenvalue weighted by Crippen LogP contribution is 2.32. The van der Waals surface area contributed by atoms with E-state index < -0.39 is 28.5 Å². The minimum Gasteiger partial charge on any atom is -0.493 e. The van der Waals surface area contributed by atoms with Crippen LogP contribution in [0.25, 0.3) is 0 Å². The normalized spacial score (nSPS) is 11.8. The van der Waals surface area contributed by atoms with E-state index in [0.717, 1.165) is 21.9 Å². The number of sulfonamides is 1. The molecule has 3 aromatic carbocycles. The highest BCUT2D eigenvalue weighted by Gasteiger charge is 2.33. The molecule has 0 spiro atoms. The van der Waals surface area contributed by atoms with Crippen molar-refractivity contribution in [1.82, 2.24) is 10.2 Å². The molecule has 40 heavy (non-hydrogen) atoms. The molecule has 0 bridgehead atoms. The van der Waals surface area contributed by atoms with E-state index in [-0.39, 0.29) is 23.1 Å². The Morgan fingerprint density at radius 2 is 1.62 bits per heavy atom. The third-order valence-electron chi connectivity index (χ3n) is 6.42. The number of ether oxygens (including phenoxy) is 2. The maximum absolute atomic E-state index is 14.0. The fourth-order valence-corrected chi connectivity index (χ4v) is 5.64. The van der Waals surface area contributed by atoms with Crippen LogP contribution in [0.1, 0.15) is 31.4 Å². The summed E-state index contributed by atoms with van der Waals surface area (Å²) < 4.78 is 39.6. The van der Waals surface area contributed by atoms with Gasteiger partial charge in [0.25, 0.3) is 10.0 Å². The molecule has 3 aromatic rings. The second-order valence-corrected chi connectivity index (χ2v) is 11.2. The number of amides is 2. The number of rotatable bonds is 13. The molecule has 0 fully saturated rings. The number of methoxy groups -OCH3 is 2. The molecule has 0 heterocycles. The number of hydrogen-bond donors (Lipinski definition) is 1. The van der Waals surface area contributed by atoms with E-state index in [9.17, 15) is 18.0 Å². The van der Waals surface area contributed by atoms with Gasteiger partial charge in [-0.2, -0.15) is 0 Å². The molecule has 3 rings (SSSR count). The van der Waals surface area contributed by atoms with Crippen LogP contribution in [-0.2, 0) is 26.2 Å². The van der Waals surface area contributed by atoms with Gasteiger partial charge in [-0.15, -0.1) is 0 Å². The van der Waals surface area contributed by atoms with Crippen LogP contribution in [0.4, 0.5) is 5.69 Å². The Morgan fingerprint density at radius 1 is 0.925 bits per heavy atom. The molecule has 9 nitrogen and oxygen atoms in total. The zero-order chi connectivity index (χ0) is 29.3. The molecule has 0 saturated carbocycles. The number of nitrogens with one attached hydrogen (secondary N) is 1. The Kier molecular flexibility index (Phi) is 10.6. The van der Waals surface area contributed by atoms with Crippen molar-refractivity contribution < 1.29 is 27.5 Å². The van der Waals surface area contributed by atoms with E-state index in [0.29, 0.717) is 18.0 Å². The third kappa shape index (κ3) is 7.32. The Labute approximate surface area is 236 Å². The van der Waals surface area contributed by atoms with Crippen molar-refractivity contribution in [2.45, 2.75) is 44.7 Å². The van der Waals surface area contributed by atoms with Crippen molar-refractivity contribution in [2.24, 2.45) is 0 Å². The first-order valence-corrected chi connectivity index (χ1v) is 14.5. The molecule has 2 amide bonds. The van der Waals surface area contributed by atoms with E-state index >= 15 is 0 Å². The third-order valence-corrected chi connectivity index (χ3v) is 8.19. The molecule has 0 aromatic heterocycles. The van der Waals surface area contributed by atoms with E-state index in [1.807, 2.05) is 38.1 Å². The Balaban J connectivity index is 2.03. The number of anilines is 1. The molecule has 0 unspecified atom stereocenters. The monoisotopic (exact) mass is 567 g/mol. The van der Waals surface area contributed by atoms with Gasteiger partial charge in [0, 0.05) is 19.2 Å². The zero-order valence-corrected chi connectivity index (χ0v) is 24.4. The molecule has 1 atom stereocenters. The summed E-state index contributed by atoms with van der Waals surface area (Å²) in [6.07, 6.45) is 0.746.